The molecule has 1 aromatic heterocycles. The predicted molar refractivity (Wildman–Crippen MR) is 120 cm³/mol. The van der Waals surface area contributed by atoms with E-state index in [1.54, 1.807) is 13.2 Å². The molecule has 7 heteroatoms. The molecule has 0 aliphatic carbocycles. The number of pyridine rings is 1. The zero-order chi connectivity index (χ0) is 21.2. The van der Waals surface area contributed by atoms with Crippen LogP contribution in [0, 0.1) is 0 Å². The number of hydrogen-bond acceptors (Lipinski definition) is 5. The summed E-state index contributed by atoms with van der Waals surface area (Å²) in [6, 6.07) is 13.9. The predicted octanol–water partition coefficient (Wildman–Crippen LogP) is 2.44. The van der Waals surface area contributed by atoms with E-state index in [-0.39, 0.29) is 5.54 Å². The number of hydrogen-bond donors (Lipinski definition) is 2. The SMILES string of the molecule is CN=C(NCc1ccc(OCc2ccccn2)cc1)NCC(C)(C)N1CCOCC1. The van der Waals surface area contributed by atoms with E-state index >= 15 is 0 Å². The largest absolute Gasteiger partial charge is 0.487 e. The van der Waals surface area contributed by atoms with Crippen LogP contribution in [0.15, 0.2) is 53.7 Å². The second-order valence-corrected chi connectivity index (χ2v) is 7.94. The highest BCUT2D eigenvalue weighted by Gasteiger charge is 2.28. The van der Waals surface area contributed by atoms with Gasteiger partial charge in [0.1, 0.15) is 12.4 Å². The maximum Gasteiger partial charge on any atom is 0.191 e. The van der Waals surface area contributed by atoms with Crippen molar-refractivity contribution in [2.24, 2.45) is 4.99 Å². The van der Waals surface area contributed by atoms with E-state index in [9.17, 15) is 0 Å². The minimum atomic E-state index is 0.0357. The fourth-order valence-corrected chi connectivity index (χ4v) is 3.33. The molecule has 2 heterocycles. The molecular formula is C23H33N5O2. The van der Waals surface area contributed by atoms with Crippen LogP contribution in [0.2, 0.25) is 0 Å². The topological polar surface area (TPSA) is 71.0 Å². The van der Waals surface area contributed by atoms with Gasteiger partial charge >= 0.3 is 0 Å². The van der Waals surface area contributed by atoms with E-state index in [0.717, 1.165) is 55.8 Å². The quantitative estimate of drug-likeness (QED) is 0.514. The Bertz CT molecular complexity index is 787. The van der Waals surface area contributed by atoms with Gasteiger partial charge in [-0.3, -0.25) is 14.9 Å². The van der Waals surface area contributed by atoms with E-state index in [1.165, 1.54) is 0 Å². The molecule has 3 rings (SSSR count). The normalized spacial score (nSPS) is 15.6. The van der Waals surface area contributed by atoms with Crippen molar-refractivity contribution in [3.8, 4) is 5.75 Å². The molecule has 30 heavy (non-hydrogen) atoms. The number of morpholine rings is 1. The van der Waals surface area contributed by atoms with Gasteiger partial charge in [0.15, 0.2) is 5.96 Å². The Morgan fingerprint density at radius 1 is 1.13 bits per heavy atom. The minimum Gasteiger partial charge on any atom is -0.487 e. The van der Waals surface area contributed by atoms with Crippen LogP contribution in [0.4, 0.5) is 0 Å². The number of benzene rings is 1. The monoisotopic (exact) mass is 411 g/mol. The number of ether oxygens (including phenoxy) is 2. The van der Waals surface area contributed by atoms with E-state index < -0.39 is 0 Å². The van der Waals surface area contributed by atoms with Crippen LogP contribution in [0.3, 0.4) is 0 Å². The van der Waals surface area contributed by atoms with Crippen molar-refractivity contribution in [2.45, 2.75) is 32.5 Å². The number of rotatable bonds is 8. The molecule has 0 unspecified atom stereocenters. The molecule has 1 saturated heterocycles. The van der Waals surface area contributed by atoms with Gasteiger partial charge in [0.25, 0.3) is 0 Å². The molecular weight excluding hydrogens is 378 g/mol. The van der Waals surface area contributed by atoms with Crippen LogP contribution in [0.25, 0.3) is 0 Å². The van der Waals surface area contributed by atoms with Gasteiger partial charge in [-0.25, -0.2) is 0 Å². The summed E-state index contributed by atoms with van der Waals surface area (Å²) in [6.07, 6.45) is 1.77. The molecule has 1 aromatic carbocycles. The summed E-state index contributed by atoms with van der Waals surface area (Å²) in [6.45, 7) is 10.0. The molecule has 7 nitrogen and oxygen atoms in total. The van der Waals surface area contributed by atoms with Gasteiger partial charge in [-0.1, -0.05) is 18.2 Å². The molecule has 1 aliphatic heterocycles. The van der Waals surface area contributed by atoms with Gasteiger partial charge in [0.2, 0.25) is 0 Å². The smallest absolute Gasteiger partial charge is 0.191 e. The number of aliphatic imine (C=N–C) groups is 1. The first-order valence-corrected chi connectivity index (χ1v) is 10.5. The van der Waals surface area contributed by atoms with E-state index in [2.05, 4.69) is 51.5 Å². The Kier molecular flexibility index (Phi) is 8.04. The first-order chi connectivity index (χ1) is 14.6. The summed E-state index contributed by atoms with van der Waals surface area (Å²) in [5.74, 6) is 1.63. The molecule has 0 saturated carbocycles. The highest BCUT2D eigenvalue weighted by molar-refractivity contribution is 5.79. The van der Waals surface area contributed by atoms with E-state index in [0.29, 0.717) is 13.2 Å². The maximum absolute atomic E-state index is 5.79. The highest BCUT2D eigenvalue weighted by Crippen LogP contribution is 2.15. The Hall–Kier alpha value is -2.64. The summed E-state index contributed by atoms with van der Waals surface area (Å²) in [5.41, 5.74) is 2.11. The van der Waals surface area contributed by atoms with Crippen LogP contribution >= 0.6 is 0 Å². The van der Waals surface area contributed by atoms with E-state index in [4.69, 9.17) is 9.47 Å². The number of nitrogens with one attached hydrogen (secondary N) is 2. The lowest BCUT2D eigenvalue weighted by atomic mass is 10.0. The second-order valence-electron chi connectivity index (χ2n) is 7.94. The number of guanidine groups is 1. The van der Waals surface area contributed by atoms with Gasteiger partial charge in [-0.05, 0) is 43.7 Å². The summed E-state index contributed by atoms with van der Waals surface area (Å²) in [7, 11) is 1.80. The maximum atomic E-state index is 5.79. The lowest BCUT2D eigenvalue weighted by molar-refractivity contribution is -0.00834. The van der Waals surface area contributed by atoms with Crippen LogP contribution < -0.4 is 15.4 Å². The van der Waals surface area contributed by atoms with Crippen molar-refractivity contribution in [3.63, 3.8) is 0 Å². The first kappa shape index (κ1) is 22.1. The molecule has 162 valence electrons. The third-order valence-corrected chi connectivity index (χ3v) is 5.28. The van der Waals surface area contributed by atoms with Gasteiger partial charge in [-0.2, -0.15) is 0 Å². The Balaban J connectivity index is 1.43. The second kappa shape index (κ2) is 10.9. The van der Waals surface area contributed by atoms with Crippen molar-refractivity contribution < 1.29 is 9.47 Å². The Morgan fingerprint density at radius 3 is 2.57 bits per heavy atom. The Morgan fingerprint density at radius 2 is 1.90 bits per heavy atom. The summed E-state index contributed by atoms with van der Waals surface area (Å²) in [5, 5.41) is 6.84. The molecule has 1 aliphatic rings. The van der Waals surface area contributed by atoms with Crippen LogP contribution in [-0.4, -0.2) is 61.3 Å². The number of nitrogens with zero attached hydrogens (tertiary/aromatic N) is 3. The van der Waals surface area contributed by atoms with Gasteiger partial charge < -0.3 is 20.1 Å². The molecule has 0 amide bonds. The minimum absolute atomic E-state index is 0.0357. The van der Waals surface area contributed by atoms with Gasteiger partial charge in [-0.15, -0.1) is 0 Å². The Labute approximate surface area is 179 Å². The fourth-order valence-electron chi connectivity index (χ4n) is 3.33. The fraction of sp³-hybridized carbons (Fsp3) is 0.478. The van der Waals surface area contributed by atoms with Crippen molar-refractivity contribution in [1.29, 1.82) is 0 Å². The molecule has 0 atom stereocenters. The average molecular weight is 412 g/mol. The van der Waals surface area contributed by atoms with Crippen molar-refractivity contribution in [1.82, 2.24) is 20.5 Å². The molecule has 2 N–H and O–H groups in total. The molecule has 0 radical (unpaired) electrons. The first-order valence-electron chi connectivity index (χ1n) is 10.5. The van der Waals surface area contributed by atoms with Crippen LogP contribution in [-0.2, 0) is 17.9 Å². The van der Waals surface area contributed by atoms with Crippen LogP contribution in [0.5, 0.6) is 5.75 Å². The summed E-state index contributed by atoms with van der Waals surface area (Å²) < 4.78 is 11.3. The zero-order valence-electron chi connectivity index (χ0n) is 18.2. The van der Waals surface area contributed by atoms with Crippen molar-refractivity contribution in [3.05, 3.63) is 59.9 Å². The zero-order valence-corrected chi connectivity index (χ0v) is 18.2. The van der Waals surface area contributed by atoms with Crippen LogP contribution in [0.1, 0.15) is 25.1 Å². The molecule has 2 aromatic rings. The third-order valence-electron chi connectivity index (χ3n) is 5.28. The molecule has 0 bridgehead atoms. The summed E-state index contributed by atoms with van der Waals surface area (Å²) >= 11 is 0. The van der Waals surface area contributed by atoms with Crippen molar-refractivity contribution >= 4 is 5.96 Å². The average Bonchev–Trinajstić information content (AvgIpc) is 2.80. The lowest BCUT2D eigenvalue weighted by Gasteiger charge is -2.41. The van der Waals surface area contributed by atoms with E-state index in [1.807, 2.05) is 30.3 Å². The number of aromatic nitrogens is 1. The molecule has 0 spiro atoms. The van der Waals surface area contributed by atoms with Gasteiger partial charge in [0.05, 0.1) is 18.9 Å². The molecule has 1 fully saturated rings. The standard InChI is InChI=1S/C23H33N5O2/c1-23(2,28-12-14-29-15-13-28)18-27-22(24-3)26-16-19-7-9-21(10-8-19)30-17-20-6-4-5-11-25-20/h4-11H,12-18H2,1-3H3,(H2,24,26,27). The highest BCUT2D eigenvalue weighted by atomic mass is 16.5. The third kappa shape index (κ3) is 6.71. The van der Waals surface area contributed by atoms with Crippen molar-refractivity contribution in [2.75, 3.05) is 39.9 Å². The van der Waals surface area contributed by atoms with Gasteiger partial charge in [0, 0.05) is 45.0 Å². The summed E-state index contributed by atoms with van der Waals surface area (Å²) in [4.78, 5) is 11.1. The lowest BCUT2D eigenvalue weighted by Crippen LogP contribution is -2.56.